The second-order valence-corrected chi connectivity index (χ2v) is 12.5. The average Bonchev–Trinajstić information content (AvgIpc) is 3.52. The maximum absolute atomic E-state index is 3.79. The van der Waals surface area contributed by atoms with Crippen LogP contribution in [0, 0.1) is 0 Å². The smallest absolute Gasteiger partial charge is 0.0544 e. The maximum atomic E-state index is 3.79. The van der Waals surface area contributed by atoms with Crippen LogP contribution in [-0.2, 0) is 0 Å². The number of rotatable bonds is 3. The molecule has 0 radical (unpaired) electrons. The fourth-order valence-corrected chi connectivity index (χ4v) is 7.85. The minimum absolute atomic E-state index is 1.16. The Balaban J connectivity index is 1.18. The van der Waals surface area contributed by atoms with Crippen LogP contribution in [0.3, 0.4) is 0 Å². The predicted octanol–water partition coefficient (Wildman–Crippen LogP) is 12.9. The molecule has 0 saturated heterocycles. The van der Waals surface area contributed by atoms with Gasteiger partial charge in [0, 0.05) is 21.7 Å². The van der Waals surface area contributed by atoms with E-state index in [4.69, 9.17) is 0 Å². The highest BCUT2D eigenvalue weighted by atomic mass is 14.7. The first-order chi connectivity index (χ1) is 23.3. The van der Waals surface area contributed by atoms with Crippen molar-refractivity contribution in [3.05, 3.63) is 170 Å². The van der Waals surface area contributed by atoms with Gasteiger partial charge < -0.3 is 4.98 Å². The van der Waals surface area contributed by atoms with Gasteiger partial charge in [0.25, 0.3) is 0 Å². The lowest BCUT2D eigenvalue weighted by Crippen LogP contribution is -1.91. The van der Waals surface area contributed by atoms with E-state index in [2.05, 4.69) is 175 Å². The van der Waals surface area contributed by atoms with Crippen molar-refractivity contribution in [2.75, 3.05) is 0 Å². The highest BCUT2D eigenvalue weighted by Gasteiger charge is 2.18. The summed E-state index contributed by atoms with van der Waals surface area (Å²) in [6.45, 7) is 0. The number of benzene rings is 9. The zero-order chi connectivity index (χ0) is 30.9. The molecular weight excluding hydrogens is 567 g/mol. The van der Waals surface area contributed by atoms with Crippen molar-refractivity contribution < 1.29 is 0 Å². The first-order valence-electron chi connectivity index (χ1n) is 16.3. The quantitative estimate of drug-likeness (QED) is 0.196. The van der Waals surface area contributed by atoms with Crippen LogP contribution in [0.1, 0.15) is 0 Å². The van der Waals surface area contributed by atoms with Gasteiger partial charge in [-0.05, 0) is 77.2 Å². The third-order valence-corrected chi connectivity index (χ3v) is 9.99. The molecule has 0 amide bonds. The largest absolute Gasteiger partial charge is 0.354 e. The molecule has 1 N–H and O–H groups in total. The number of hydrogen-bond acceptors (Lipinski definition) is 0. The first kappa shape index (κ1) is 26.1. The van der Waals surface area contributed by atoms with Gasteiger partial charge in [0.2, 0.25) is 0 Å². The lowest BCUT2D eigenvalue weighted by molar-refractivity contribution is 1.56. The van der Waals surface area contributed by atoms with Crippen molar-refractivity contribution in [1.29, 1.82) is 0 Å². The molecule has 0 spiro atoms. The fraction of sp³-hybridized carbons (Fsp3) is 0. The van der Waals surface area contributed by atoms with E-state index in [9.17, 15) is 0 Å². The van der Waals surface area contributed by atoms with Gasteiger partial charge in [-0.15, -0.1) is 0 Å². The minimum Gasteiger partial charge on any atom is -0.354 e. The summed E-state index contributed by atoms with van der Waals surface area (Å²) in [6, 6.07) is 62.2. The molecule has 0 aliphatic carbocycles. The van der Waals surface area contributed by atoms with Gasteiger partial charge in [-0.2, -0.15) is 0 Å². The summed E-state index contributed by atoms with van der Waals surface area (Å²) < 4.78 is 0. The third kappa shape index (κ3) is 3.97. The van der Waals surface area contributed by atoms with Gasteiger partial charge in [-0.25, -0.2) is 0 Å². The van der Waals surface area contributed by atoms with Crippen LogP contribution in [-0.4, -0.2) is 4.98 Å². The van der Waals surface area contributed by atoms with E-state index in [-0.39, 0.29) is 0 Å². The van der Waals surface area contributed by atoms with Crippen molar-refractivity contribution in [2.24, 2.45) is 0 Å². The molecule has 0 unspecified atom stereocenters. The van der Waals surface area contributed by atoms with Crippen molar-refractivity contribution >= 4 is 64.9 Å². The van der Waals surface area contributed by atoms with E-state index >= 15 is 0 Å². The van der Waals surface area contributed by atoms with Gasteiger partial charge >= 0.3 is 0 Å². The number of aromatic amines is 1. The molecule has 10 rings (SSSR count). The Bertz CT molecular complexity index is 2770. The molecule has 47 heavy (non-hydrogen) atoms. The second kappa shape index (κ2) is 10.2. The van der Waals surface area contributed by atoms with Gasteiger partial charge in [-0.1, -0.05) is 164 Å². The summed E-state index contributed by atoms with van der Waals surface area (Å²) in [5.41, 5.74) is 9.86. The van der Waals surface area contributed by atoms with E-state index in [1.54, 1.807) is 0 Å². The van der Waals surface area contributed by atoms with Gasteiger partial charge in [-0.3, -0.25) is 0 Å². The summed E-state index contributed by atoms with van der Waals surface area (Å²) >= 11 is 0. The zero-order valence-corrected chi connectivity index (χ0v) is 25.7. The van der Waals surface area contributed by atoms with E-state index < -0.39 is 0 Å². The Labute approximate surface area is 272 Å². The van der Waals surface area contributed by atoms with E-state index in [1.807, 2.05) is 0 Å². The summed E-state index contributed by atoms with van der Waals surface area (Å²) in [5, 5.41) is 12.6. The van der Waals surface area contributed by atoms with Crippen molar-refractivity contribution in [1.82, 2.24) is 4.98 Å². The number of fused-ring (bicyclic) bond motifs is 8. The van der Waals surface area contributed by atoms with Crippen molar-refractivity contribution in [2.45, 2.75) is 0 Å². The molecule has 0 aliphatic heterocycles. The van der Waals surface area contributed by atoms with Crippen LogP contribution in [0.4, 0.5) is 0 Å². The molecule has 0 atom stereocenters. The summed E-state index contributed by atoms with van der Waals surface area (Å²) in [5.74, 6) is 0. The van der Waals surface area contributed by atoms with E-state index in [1.165, 1.54) is 92.8 Å². The maximum Gasteiger partial charge on any atom is 0.0544 e. The van der Waals surface area contributed by atoms with Crippen LogP contribution in [0.15, 0.2) is 170 Å². The molecule has 218 valence electrons. The highest BCUT2D eigenvalue weighted by molar-refractivity contribution is 6.23. The lowest BCUT2D eigenvalue weighted by Gasteiger charge is -2.18. The molecule has 1 heterocycles. The number of hydrogen-bond donors (Lipinski definition) is 1. The molecule has 0 fully saturated rings. The molecule has 1 nitrogen and oxygen atoms in total. The summed E-state index contributed by atoms with van der Waals surface area (Å²) in [7, 11) is 0. The van der Waals surface area contributed by atoms with Crippen LogP contribution in [0.25, 0.3) is 98.3 Å². The summed E-state index contributed by atoms with van der Waals surface area (Å²) in [6.07, 6.45) is 0. The van der Waals surface area contributed by atoms with Crippen LogP contribution in [0.2, 0.25) is 0 Å². The Hall–Kier alpha value is -6.18. The van der Waals surface area contributed by atoms with Gasteiger partial charge in [0.15, 0.2) is 0 Å². The Morgan fingerprint density at radius 1 is 0.298 bits per heavy atom. The molecule has 0 bridgehead atoms. The van der Waals surface area contributed by atoms with Gasteiger partial charge in [0.05, 0.1) is 5.52 Å². The second-order valence-electron chi connectivity index (χ2n) is 12.5. The average molecular weight is 596 g/mol. The van der Waals surface area contributed by atoms with E-state index in [0.717, 1.165) is 5.52 Å². The Morgan fingerprint density at radius 3 is 1.47 bits per heavy atom. The summed E-state index contributed by atoms with van der Waals surface area (Å²) in [4.78, 5) is 3.79. The van der Waals surface area contributed by atoms with Crippen molar-refractivity contribution in [3.8, 4) is 33.4 Å². The van der Waals surface area contributed by atoms with Crippen LogP contribution < -0.4 is 0 Å². The molecular formula is C46H29N. The van der Waals surface area contributed by atoms with Gasteiger partial charge in [0.1, 0.15) is 0 Å². The topological polar surface area (TPSA) is 15.8 Å². The molecule has 9 aromatic carbocycles. The van der Waals surface area contributed by atoms with Crippen LogP contribution in [0.5, 0.6) is 0 Å². The molecule has 0 aliphatic rings. The molecule has 0 saturated carbocycles. The standard InChI is InChI=1S/C46H29N/c1-3-13-34-29(10-1)12-9-19-35(34)31-20-22-32(23-21-31)44-38-15-5-7-17-40(38)45(41-18-8-6-16-39(41)44)33-25-26-37-42-27-24-30-11-2-4-14-36(30)46(42)47-43(37)28-33/h1-28,47H. The fourth-order valence-electron chi connectivity index (χ4n) is 7.85. The normalized spacial score (nSPS) is 11.8. The first-order valence-corrected chi connectivity index (χ1v) is 16.3. The van der Waals surface area contributed by atoms with E-state index in [0.29, 0.717) is 0 Å². The lowest BCUT2D eigenvalue weighted by atomic mass is 9.85. The number of nitrogens with one attached hydrogen (secondary N) is 1. The molecule has 1 aromatic heterocycles. The molecule has 1 heteroatoms. The SMILES string of the molecule is c1ccc2c(-c3ccc(-c4c5ccccc5c(-c5ccc6c(c5)[nH]c5c7ccccc7ccc65)c5ccccc45)cc3)cccc2c1. The monoisotopic (exact) mass is 595 g/mol. The number of aromatic nitrogens is 1. The predicted molar refractivity (Wildman–Crippen MR) is 202 cm³/mol. The third-order valence-electron chi connectivity index (χ3n) is 9.99. The Kier molecular flexibility index (Phi) is 5.64. The highest BCUT2D eigenvalue weighted by Crippen LogP contribution is 2.45. The minimum atomic E-state index is 1.16. The number of H-pyrrole nitrogens is 1. The Morgan fingerprint density at radius 2 is 0.787 bits per heavy atom. The van der Waals surface area contributed by atoms with Crippen LogP contribution >= 0.6 is 0 Å². The molecule has 10 aromatic rings. The van der Waals surface area contributed by atoms with Crippen molar-refractivity contribution in [3.63, 3.8) is 0 Å². The zero-order valence-electron chi connectivity index (χ0n) is 25.7.